The molecule has 1 atom stereocenters. The predicted octanol–water partition coefficient (Wildman–Crippen LogP) is 2.33. The summed E-state index contributed by atoms with van der Waals surface area (Å²) < 4.78 is 0. The summed E-state index contributed by atoms with van der Waals surface area (Å²) >= 11 is 0. The predicted molar refractivity (Wildman–Crippen MR) is 95.7 cm³/mol. The summed E-state index contributed by atoms with van der Waals surface area (Å²) in [5.74, 6) is -0.666. The van der Waals surface area contributed by atoms with Gasteiger partial charge in [-0.2, -0.15) is 0 Å². The summed E-state index contributed by atoms with van der Waals surface area (Å²) in [6.07, 6.45) is 5.17. The molecule has 1 aliphatic heterocycles. The molecular weight excluding hydrogens is 334 g/mol. The van der Waals surface area contributed by atoms with E-state index < -0.39 is 18.0 Å². The quantitative estimate of drug-likeness (QED) is 0.624. The number of anilines is 1. The molecule has 3 rings (SSSR count). The molecule has 138 valence electrons. The van der Waals surface area contributed by atoms with E-state index in [2.05, 4.69) is 10.6 Å². The topological polar surface area (TPSA) is 95.6 Å². The number of benzene rings is 1. The molecule has 7 nitrogen and oxygen atoms in total. The Balaban J connectivity index is 1.58. The van der Waals surface area contributed by atoms with Crippen LogP contribution >= 0.6 is 0 Å². The molecule has 7 heteroatoms. The maximum Gasteiger partial charge on any atom is 0.325 e. The molecule has 1 saturated carbocycles. The zero-order chi connectivity index (χ0) is 18.7. The molecule has 1 aliphatic carbocycles. The first-order valence-electron chi connectivity index (χ1n) is 8.98. The lowest BCUT2D eigenvalue weighted by Crippen LogP contribution is -2.40. The second-order valence-corrected chi connectivity index (χ2v) is 6.93. The van der Waals surface area contributed by atoms with Gasteiger partial charge in [-0.1, -0.05) is 19.3 Å². The summed E-state index contributed by atoms with van der Waals surface area (Å²) in [6.45, 7) is 1.15. The number of amides is 4. The number of carbonyl (C=O) groups excluding carboxylic acids is 4. The lowest BCUT2D eigenvalue weighted by Gasteiger charge is -2.25. The van der Waals surface area contributed by atoms with Crippen molar-refractivity contribution in [3.8, 4) is 0 Å². The van der Waals surface area contributed by atoms with E-state index in [4.69, 9.17) is 0 Å². The van der Waals surface area contributed by atoms with Gasteiger partial charge >= 0.3 is 6.03 Å². The third-order valence-electron chi connectivity index (χ3n) is 5.05. The Hall–Kier alpha value is -2.70. The molecule has 0 aromatic heterocycles. The lowest BCUT2D eigenvalue weighted by atomic mass is 9.84. The number of urea groups is 1. The number of hydrogen-bond acceptors (Lipinski definition) is 4. The van der Waals surface area contributed by atoms with Crippen LogP contribution in [0.3, 0.4) is 0 Å². The van der Waals surface area contributed by atoms with E-state index in [1.54, 1.807) is 24.3 Å². The zero-order valence-electron chi connectivity index (χ0n) is 14.8. The highest BCUT2D eigenvalue weighted by atomic mass is 16.2. The highest BCUT2D eigenvalue weighted by molar-refractivity contribution is 6.08. The van der Waals surface area contributed by atoms with Crippen molar-refractivity contribution < 1.29 is 19.2 Å². The molecule has 1 heterocycles. The second kappa shape index (κ2) is 7.68. The third kappa shape index (κ3) is 3.92. The van der Waals surface area contributed by atoms with E-state index in [1.165, 1.54) is 13.3 Å². The first-order chi connectivity index (χ1) is 12.5. The van der Waals surface area contributed by atoms with Crippen LogP contribution in [0.1, 0.15) is 49.4 Å². The molecule has 1 aromatic rings. The van der Waals surface area contributed by atoms with Crippen LogP contribution in [0.15, 0.2) is 24.3 Å². The molecule has 2 aliphatic rings. The van der Waals surface area contributed by atoms with E-state index in [1.807, 2.05) is 0 Å². The molecule has 0 radical (unpaired) electrons. The Labute approximate surface area is 152 Å². The highest BCUT2D eigenvalue weighted by Crippen LogP contribution is 2.29. The SMILES string of the molecule is CC(=O)c1ccc(NC(=O)CN2C(=O)N[C@@H](C3CCCCC3)C2=O)cc1. The first-order valence-corrected chi connectivity index (χ1v) is 8.98. The van der Waals surface area contributed by atoms with Crippen LogP contribution in [0.5, 0.6) is 0 Å². The first kappa shape index (κ1) is 18.1. The van der Waals surface area contributed by atoms with Crippen LogP contribution < -0.4 is 10.6 Å². The highest BCUT2D eigenvalue weighted by Gasteiger charge is 2.43. The van der Waals surface area contributed by atoms with Crippen molar-refractivity contribution in [3.05, 3.63) is 29.8 Å². The Morgan fingerprint density at radius 2 is 1.77 bits per heavy atom. The van der Waals surface area contributed by atoms with Gasteiger partial charge < -0.3 is 10.6 Å². The van der Waals surface area contributed by atoms with Gasteiger partial charge in [0.2, 0.25) is 5.91 Å². The molecule has 2 N–H and O–H groups in total. The van der Waals surface area contributed by atoms with Crippen molar-refractivity contribution in [3.63, 3.8) is 0 Å². The molecule has 2 fully saturated rings. The number of ketones is 1. The van der Waals surface area contributed by atoms with E-state index in [9.17, 15) is 19.2 Å². The van der Waals surface area contributed by atoms with Crippen LogP contribution in [-0.2, 0) is 9.59 Å². The van der Waals surface area contributed by atoms with Gasteiger partial charge in [0.15, 0.2) is 5.78 Å². The van der Waals surface area contributed by atoms with Crippen LogP contribution in [0.4, 0.5) is 10.5 Å². The van der Waals surface area contributed by atoms with Gasteiger partial charge in [0.05, 0.1) is 0 Å². The largest absolute Gasteiger partial charge is 0.326 e. The molecule has 4 amide bonds. The number of hydrogen-bond donors (Lipinski definition) is 2. The van der Waals surface area contributed by atoms with Crippen molar-refractivity contribution in [1.29, 1.82) is 0 Å². The maximum atomic E-state index is 12.5. The minimum absolute atomic E-state index is 0.0593. The second-order valence-electron chi connectivity index (χ2n) is 6.93. The molecule has 26 heavy (non-hydrogen) atoms. The van der Waals surface area contributed by atoms with Crippen LogP contribution in [0.25, 0.3) is 0 Å². The van der Waals surface area contributed by atoms with Gasteiger partial charge in [0.25, 0.3) is 5.91 Å². The monoisotopic (exact) mass is 357 g/mol. The van der Waals surface area contributed by atoms with Gasteiger partial charge in [-0.15, -0.1) is 0 Å². The summed E-state index contributed by atoms with van der Waals surface area (Å²) in [6, 6.07) is 5.45. The van der Waals surface area contributed by atoms with E-state index in [0.717, 1.165) is 30.6 Å². The van der Waals surface area contributed by atoms with Crippen molar-refractivity contribution >= 4 is 29.3 Å². The van der Waals surface area contributed by atoms with Gasteiger partial charge in [0.1, 0.15) is 12.6 Å². The minimum Gasteiger partial charge on any atom is -0.326 e. The van der Waals surface area contributed by atoms with Gasteiger partial charge in [-0.25, -0.2) is 4.79 Å². The van der Waals surface area contributed by atoms with E-state index >= 15 is 0 Å². The smallest absolute Gasteiger partial charge is 0.325 e. The van der Waals surface area contributed by atoms with Crippen molar-refractivity contribution in [2.45, 2.75) is 45.1 Å². The molecule has 1 saturated heterocycles. The Morgan fingerprint density at radius 3 is 2.38 bits per heavy atom. The van der Waals surface area contributed by atoms with Gasteiger partial charge in [-0.3, -0.25) is 19.3 Å². The number of imide groups is 1. The van der Waals surface area contributed by atoms with Crippen molar-refractivity contribution in [1.82, 2.24) is 10.2 Å². The Morgan fingerprint density at radius 1 is 1.12 bits per heavy atom. The minimum atomic E-state index is -0.509. The standard InChI is InChI=1S/C19H23N3O4/c1-12(23)13-7-9-15(10-8-13)20-16(24)11-22-18(25)17(21-19(22)26)14-5-3-2-4-6-14/h7-10,14,17H,2-6,11H2,1H3,(H,20,24)(H,21,26)/t17-/m0/s1. The maximum absolute atomic E-state index is 12.5. The zero-order valence-corrected chi connectivity index (χ0v) is 14.8. The Bertz CT molecular complexity index is 723. The average molecular weight is 357 g/mol. The number of rotatable bonds is 5. The summed E-state index contributed by atoms with van der Waals surface area (Å²) in [4.78, 5) is 49.1. The molecule has 0 bridgehead atoms. The van der Waals surface area contributed by atoms with Gasteiger partial charge in [-0.05, 0) is 49.9 Å². The van der Waals surface area contributed by atoms with E-state index in [0.29, 0.717) is 11.3 Å². The van der Waals surface area contributed by atoms with Gasteiger partial charge in [0, 0.05) is 11.3 Å². The van der Waals surface area contributed by atoms with Crippen LogP contribution in [0, 0.1) is 5.92 Å². The molecule has 1 aromatic carbocycles. The third-order valence-corrected chi connectivity index (χ3v) is 5.05. The van der Waals surface area contributed by atoms with E-state index in [-0.39, 0.29) is 24.2 Å². The average Bonchev–Trinajstić information content (AvgIpc) is 2.91. The number of nitrogens with zero attached hydrogens (tertiary/aromatic N) is 1. The fourth-order valence-corrected chi connectivity index (χ4v) is 3.61. The number of carbonyl (C=O) groups is 4. The lowest BCUT2D eigenvalue weighted by molar-refractivity contribution is -0.131. The molecule has 0 spiro atoms. The normalized spacial score (nSPS) is 20.8. The fraction of sp³-hybridized carbons (Fsp3) is 0.474. The summed E-state index contributed by atoms with van der Waals surface area (Å²) in [5.41, 5.74) is 1.06. The van der Waals surface area contributed by atoms with Crippen LogP contribution in [-0.4, -0.2) is 41.1 Å². The fourth-order valence-electron chi connectivity index (χ4n) is 3.61. The summed E-state index contributed by atoms with van der Waals surface area (Å²) in [7, 11) is 0. The number of Topliss-reactive ketones (excluding diaryl/α,β-unsaturated/α-hetero) is 1. The number of nitrogens with one attached hydrogen (secondary N) is 2. The van der Waals surface area contributed by atoms with Crippen molar-refractivity contribution in [2.24, 2.45) is 5.92 Å². The molecule has 0 unspecified atom stereocenters. The van der Waals surface area contributed by atoms with Crippen molar-refractivity contribution in [2.75, 3.05) is 11.9 Å². The molecular formula is C19H23N3O4. The summed E-state index contributed by atoms with van der Waals surface area (Å²) in [5, 5.41) is 5.38. The Kier molecular flexibility index (Phi) is 5.35. The van der Waals surface area contributed by atoms with Crippen LogP contribution in [0.2, 0.25) is 0 Å².